The molecule has 0 N–H and O–H groups in total. The average molecular weight is 282 g/mol. The Morgan fingerprint density at radius 1 is 0.636 bits per heavy atom. The maximum Gasteiger partial charge on any atom is 0.0193 e. The summed E-state index contributed by atoms with van der Waals surface area (Å²) in [5.74, 6) is 0.788. The molecule has 1 aliphatic rings. The second-order valence-electron chi connectivity index (χ2n) is 5.80. The van der Waals surface area contributed by atoms with Crippen LogP contribution in [-0.2, 0) is 0 Å². The maximum absolute atomic E-state index is 2.30. The van der Waals surface area contributed by atoms with E-state index in [1.165, 1.54) is 21.9 Å². The third-order valence-corrected chi connectivity index (χ3v) is 4.48. The molecule has 0 heterocycles. The number of hydrogen-bond donors (Lipinski definition) is 0. The molecule has 0 saturated heterocycles. The summed E-state index contributed by atoms with van der Waals surface area (Å²) in [4.78, 5) is 0. The molecule has 1 unspecified atom stereocenters. The van der Waals surface area contributed by atoms with Crippen molar-refractivity contribution in [2.45, 2.75) is 5.92 Å². The van der Waals surface area contributed by atoms with E-state index < -0.39 is 0 Å². The minimum Gasteiger partial charge on any atom is -0.0767 e. The number of allylic oxidation sites excluding steroid dienone is 4. The first-order valence-electron chi connectivity index (χ1n) is 7.81. The summed E-state index contributed by atoms with van der Waals surface area (Å²) in [6.07, 6.45) is 8.93. The van der Waals surface area contributed by atoms with Gasteiger partial charge in [-0.05, 0) is 21.9 Å². The van der Waals surface area contributed by atoms with Gasteiger partial charge in [0.05, 0.1) is 0 Å². The summed E-state index contributed by atoms with van der Waals surface area (Å²) >= 11 is 0. The molecule has 0 bridgehead atoms. The fourth-order valence-corrected chi connectivity index (χ4v) is 3.46. The summed E-state index contributed by atoms with van der Waals surface area (Å²) in [5.41, 5.74) is 2.78. The topological polar surface area (TPSA) is 0 Å². The molecule has 0 radical (unpaired) electrons. The van der Waals surface area contributed by atoms with E-state index in [2.05, 4.69) is 97.1 Å². The Morgan fingerprint density at radius 2 is 1.32 bits per heavy atom. The van der Waals surface area contributed by atoms with Crippen molar-refractivity contribution in [3.8, 4) is 0 Å². The Kier molecular flexibility index (Phi) is 3.36. The molecule has 3 aromatic rings. The van der Waals surface area contributed by atoms with Crippen LogP contribution in [0, 0.1) is 5.92 Å². The van der Waals surface area contributed by atoms with Crippen molar-refractivity contribution >= 4 is 10.8 Å². The predicted molar refractivity (Wildman–Crippen MR) is 94.0 cm³/mol. The van der Waals surface area contributed by atoms with E-state index in [9.17, 15) is 0 Å². The van der Waals surface area contributed by atoms with Gasteiger partial charge in [-0.1, -0.05) is 97.1 Å². The van der Waals surface area contributed by atoms with Gasteiger partial charge in [0.15, 0.2) is 0 Å². The lowest BCUT2D eigenvalue weighted by Crippen LogP contribution is -2.10. The Morgan fingerprint density at radius 3 is 2.14 bits per heavy atom. The number of benzene rings is 3. The highest BCUT2D eigenvalue weighted by molar-refractivity contribution is 5.86. The predicted octanol–water partition coefficient (Wildman–Crippen LogP) is 5.71. The zero-order valence-corrected chi connectivity index (χ0v) is 12.4. The molecule has 0 aromatic heterocycles. The maximum atomic E-state index is 2.30. The van der Waals surface area contributed by atoms with Crippen LogP contribution in [0.25, 0.3) is 10.8 Å². The van der Waals surface area contributed by atoms with Crippen molar-refractivity contribution in [1.82, 2.24) is 0 Å². The van der Waals surface area contributed by atoms with Gasteiger partial charge in [0.2, 0.25) is 0 Å². The van der Waals surface area contributed by atoms with E-state index in [4.69, 9.17) is 0 Å². The van der Waals surface area contributed by atoms with Gasteiger partial charge in [-0.15, -0.1) is 0 Å². The van der Waals surface area contributed by atoms with Gasteiger partial charge in [0.25, 0.3) is 0 Å². The summed E-state index contributed by atoms with van der Waals surface area (Å²) in [6, 6.07) is 26.2. The van der Waals surface area contributed by atoms with Gasteiger partial charge in [0, 0.05) is 11.8 Å². The van der Waals surface area contributed by atoms with Crippen LogP contribution < -0.4 is 0 Å². The van der Waals surface area contributed by atoms with Crippen LogP contribution in [0.3, 0.4) is 0 Å². The van der Waals surface area contributed by atoms with Crippen molar-refractivity contribution in [3.05, 3.63) is 108 Å². The van der Waals surface area contributed by atoms with Crippen LogP contribution in [-0.4, -0.2) is 0 Å². The molecule has 0 heteroatoms. The van der Waals surface area contributed by atoms with E-state index >= 15 is 0 Å². The molecule has 1 atom stereocenters. The Bertz CT molecular complexity index is 823. The van der Waals surface area contributed by atoms with Crippen LogP contribution in [0.2, 0.25) is 0 Å². The lowest BCUT2D eigenvalue weighted by atomic mass is 9.79. The Hall–Kier alpha value is -2.60. The van der Waals surface area contributed by atoms with E-state index in [1.807, 2.05) is 0 Å². The Labute approximate surface area is 131 Å². The molecule has 0 spiro atoms. The van der Waals surface area contributed by atoms with E-state index in [0.29, 0.717) is 11.8 Å². The summed E-state index contributed by atoms with van der Waals surface area (Å²) in [7, 11) is 0. The van der Waals surface area contributed by atoms with Crippen LogP contribution in [0.4, 0.5) is 0 Å². The zero-order valence-electron chi connectivity index (χ0n) is 12.4. The monoisotopic (exact) mass is 282 g/mol. The molecule has 3 aromatic carbocycles. The van der Waals surface area contributed by atoms with Gasteiger partial charge >= 0.3 is 0 Å². The van der Waals surface area contributed by atoms with E-state index in [0.717, 1.165) is 0 Å². The number of hydrogen-bond acceptors (Lipinski definition) is 0. The van der Waals surface area contributed by atoms with Crippen molar-refractivity contribution < 1.29 is 0 Å². The van der Waals surface area contributed by atoms with Gasteiger partial charge < -0.3 is 0 Å². The molecule has 4 rings (SSSR count). The second kappa shape index (κ2) is 5.65. The minimum atomic E-state index is 0.363. The molecule has 0 aliphatic heterocycles. The highest BCUT2D eigenvalue weighted by Gasteiger charge is 2.23. The third kappa shape index (κ3) is 2.27. The summed E-state index contributed by atoms with van der Waals surface area (Å²) in [6.45, 7) is 0. The quantitative estimate of drug-likeness (QED) is 0.577. The first-order chi connectivity index (χ1) is 10.9. The van der Waals surface area contributed by atoms with Gasteiger partial charge in [-0.2, -0.15) is 0 Å². The lowest BCUT2D eigenvalue weighted by Gasteiger charge is -2.24. The van der Waals surface area contributed by atoms with Crippen LogP contribution in [0.1, 0.15) is 17.0 Å². The third-order valence-electron chi connectivity index (χ3n) is 4.48. The number of fused-ring (bicyclic) bond motifs is 1. The molecule has 22 heavy (non-hydrogen) atoms. The average Bonchev–Trinajstić information content (AvgIpc) is 3.11. The lowest BCUT2D eigenvalue weighted by molar-refractivity contribution is 0.698. The van der Waals surface area contributed by atoms with Crippen LogP contribution in [0.5, 0.6) is 0 Å². The molecular weight excluding hydrogens is 264 g/mol. The first-order valence-corrected chi connectivity index (χ1v) is 7.81. The van der Waals surface area contributed by atoms with Crippen molar-refractivity contribution in [3.63, 3.8) is 0 Å². The van der Waals surface area contributed by atoms with Gasteiger partial charge in [-0.25, -0.2) is 0 Å². The molecule has 0 saturated carbocycles. The molecule has 0 amide bonds. The van der Waals surface area contributed by atoms with E-state index in [1.54, 1.807) is 0 Å². The van der Waals surface area contributed by atoms with E-state index in [-0.39, 0.29) is 0 Å². The fraction of sp³-hybridized carbons (Fsp3) is 0.0909. The van der Waals surface area contributed by atoms with Crippen molar-refractivity contribution in [1.29, 1.82) is 0 Å². The highest BCUT2D eigenvalue weighted by Crippen LogP contribution is 2.38. The standard InChI is InChI=1S/C22H18/c1-2-10-18(11-3-1)22(19-12-4-5-13-19)21-16-8-14-17-9-6-7-15-20(17)21/h1-16,19,22H. The second-order valence-corrected chi connectivity index (χ2v) is 5.80. The van der Waals surface area contributed by atoms with Crippen molar-refractivity contribution in [2.24, 2.45) is 5.92 Å². The summed E-state index contributed by atoms with van der Waals surface area (Å²) < 4.78 is 0. The Balaban J connectivity index is 1.93. The molecule has 106 valence electrons. The zero-order chi connectivity index (χ0) is 14.8. The SMILES string of the molecule is C1=CC(C(c2ccccc2)c2cccc3ccccc23)C=C1. The normalized spacial score (nSPS) is 15.5. The number of rotatable bonds is 3. The molecular formula is C22H18. The summed E-state index contributed by atoms with van der Waals surface area (Å²) in [5, 5.41) is 2.67. The molecule has 0 nitrogen and oxygen atoms in total. The first kappa shape index (κ1) is 13.1. The van der Waals surface area contributed by atoms with Gasteiger partial charge in [0.1, 0.15) is 0 Å². The fourth-order valence-electron chi connectivity index (χ4n) is 3.46. The largest absolute Gasteiger partial charge is 0.0767 e. The minimum absolute atomic E-state index is 0.363. The molecule has 1 aliphatic carbocycles. The smallest absolute Gasteiger partial charge is 0.0193 e. The molecule has 0 fully saturated rings. The highest BCUT2D eigenvalue weighted by atomic mass is 14.3. The van der Waals surface area contributed by atoms with Crippen LogP contribution >= 0.6 is 0 Å². The van der Waals surface area contributed by atoms with Crippen molar-refractivity contribution in [2.75, 3.05) is 0 Å². The van der Waals surface area contributed by atoms with Gasteiger partial charge in [-0.3, -0.25) is 0 Å². The van der Waals surface area contributed by atoms with Crippen LogP contribution in [0.15, 0.2) is 97.1 Å².